The van der Waals surface area contributed by atoms with Gasteiger partial charge >= 0.3 is 5.97 Å². The molecular formula is C13H18O4. The van der Waals surface area contributed by atoms with Crippen LogP contribution in [0.15, 0.2) is 24.3 Å². The quantitative estimate of drug-likeness (QED) is 0.611. The summed E-state index contributed by atoms with van der Waals surface area (Å²) in [4.78, 5) is 11.5. The minimum atomic E-state index is -0.642. The summed E-state index contributed by atoms with van der Waals surface area (Å²) < 4.78 is 10.4. The van der Waals surface area contributed by atoms with E-state index < -0.39 is 6.10 Å². The number of carbonyl (C=O) groups is 1. The summed E-state index contributed by atoms with van der Waals surface area (Å²) in [6.07, 6.45) is 1.20. The molecule has 0 aromatic heterocycles. The van der Waals surface area contributed by atoms with Crippen molar-refractivity contribution >= 4 is 5.97 Å². The third kappa shape index (κ3) is 4.76. The number of benzene rings is 1. The lowest BCUT2D eigenvalue weighted by Crippen LogP contribution is -2.26. The first-order valence-electron chi connectivity index (χ1n) is 5.75. The molecule has 4 heteroatoms. The Morgan fingerprint density at radius 3 is 2.59 bits per heavy atom. The second kappa shape index (κ2) is 6.78. The Balaban J connectivity index is 2.40. The van der Waals surface area contributed by atoms with Crippen molar-refractivity contribution in [2.75, 3.05) is 6.61 Å². The van der Waals surface area contributed by atoms with E-state index in [0.717, 1.165) is 12.8 Å². The van der Waals surface area contributed by atoms with Crippen LogP contribution >= 0.6 is 0 Å². The highest BCUT2D eigenvalue weighted by atomic mass is 16.6. The monoisotopic (exact) mass is 238 g/mol. The molecule has 0 fully saturated rings. The highest BCUT2D eigenvalue weighted by molar-refractivity contribution is 5.74. The van der Waals surface area contributed by atoms with Gasteiger partial charge in [-0.05, 0) is 37.6 Å². The van der Waals surface area contributed by atoms with E-state index in [9.17, 15) is 4.79 Å². The molecule has 0 saturated carbocycles. The molecule has 0 saturated heterocycles. The smallest absolute Gasteiger partial charge is 0.347 e. The van der Waals surface area contributed by atoms with Gasteiger partial charge in [-0.3, -0.25) is 0 Å². The number of esters is 1. The molecule has 0 bridgehead atoms. The lowest BCUT2D eigenvalue weighted by atomic mass is 10.3. The third-order valence-electron chi connectivity index (χ3n) is 2.22. The maximum atomic E-state index is 11.5. The number of phenols is 1. The second-order valence-corrected chi connectivity index (χ2v) is 3.78. The zero-order valence-corrected chi connectivity index (χ0v) is 10.2. The van der Waals surface area contributed by atoms with Crippen LogP contribution in [0.25, 0.3) is 0 Å². The summed E-state index contributed by atoms with van der Waals surface area (Å²) in [5.41, 5.74) is 0. The molecule has 1 atom stereocenters. The Hall–Kier alpha value is -1.71. The van der Waals surface area contributed by atoms with Crippen molar-refractivity contribution in [2.24, 2.45) is 0 Å². The highest BCUT2D eigenvalue weighted by Crippen LogP contribution is 2.17. The molecule has 1 aromatic rings. The van der Waals surface area contributed by atoms with Crippen molar-refractivity contribution in [3.63, 3.8) is 0 Å². The molecule has 4 nitrogen and oxygen atoms in total. The van der Waals surface area contributed by atoms with Crippen LogP contribution in [0, 0.1) is 0 Å². The lowest BCUT2D eigenvalue weighted by molar-refractivity contribution is -0.151. The van der Waals surface area contributed by atoms with E-state index >= 15 is 0 Å². The summed E-state index contributed by atoms with van der Waals surface area (Å²) in [6, 6.07) is 6.21. The number of hydrogen-bond donors (Lipinski definition) is 1. The fourth-order valence-electron chi connectivity index (χ4n) is 1.21. The lowest BCUT2D eigenvalue weighted by Gasteiger charge is -2.13. The predicted molar refractivity (Wildman–Crippen MR) is 64.1 cm³/mol. The molecule has 0 aliphatic carbocycles. The van der Waals surface area contributed by atoms with Gasteiger partial charge in [-0.15, -0.1) is 0 Å². The van der Waals surface area contributed by atoms with Gasteiger partial charge in [0.05, 0.1) is 6.61 Å². The van der Waals surface area contributed by atoms with Crippen molar-refractivity contribution in [3.05, 3.63) is 24.3 Å². The maximum Gasteiger partial charge on any atom is 0.347 e. The van der Waals surface area contributed by atoms with Gasteiger partial charge < -0.3 is 14.6 Å². The summed E-state index contributed by atoms with van der Waals surface area (Å²) in [5, 5.41) is 9.10. The average Bonchev–Trinajstić information content (AvgIpc) is 2.32. The summed E-state index contributed by atoms with van der Waals surface area (Å²) in [6.45, 7) is 4.10. The topological polar surface area (TPSA) is 55.8 Å². The van der Waals surface area contributed by atoms with E-state index in [-0.39, 0.29) is 11.7 Å². The fraction of sp³-hybridized carbons (Fsp3) is 0.462. The number of hydrogen-bond acceptors (Lipinski definition) is 4. The molecule has 0 radical (unpaired) electrons. The van der Waals surface area contributed by atoms with Gasteiger partial charge in [0.2, 0.25) is 0 Å². The summed E-state index contributed by atoms with van der Waals surface area (Å²) >= 11 is 0. The number of rotatable bonds is 6. The Bertz CT molecular complexity index is 345. The Morgan fingerprint density at radius 1 is 1.35 bits per heavy atom. The van der Waals surface area contributed by atoms with Gasteiger partial charge in [0.1, 0.15) is 11.5 Å². The molecule has 17 heavy (non-hydrogen) atoms. The van der Waals surface area contributed by atoms with E-state index in [4.69, 9.17) is 14.6 Å². The number of carbonyl (C=O) groups excluding carboxylic acids is 1. The van der Waals surface area contributed by atoms with Gasteiger partial charge in [0.15, 0.2) is 6.10 Å². The third-order valence-corrected chi connectivity index (χ3v) is 2.22. The van der Waals surface area contributed by atoms with E-state index in [1.54, 1.807) is 19.1 Å². The Kier molecular flexibility index (Phi) is 5.33. The average molecular weight is 238 g/mol. The fourth-order valence-corrected chi connectivity index (χ4v) is 1.21. The Morgan fingerprint density at radius 2 is 2.00 bits per heavy atom. The van der Waals surface area contributed by atoms with Gasteiger partial charge in [0.25, 0.3) is 0 Å². The normalized spacial score (nSPS) is 11.9. The SMILES string of the molecule is CCCCOC(=O)C(C)Oc1ccc(O)cc1. The van der Waals surface area contributed by atoms with Crippen molar-refractivity contribution < 1.29 is 19.4 Å². The number of aromatic hydroxyl groups is 1. The van der Waals surface area contributed by atoms with Gasteiger partial charge in [-0.2, -0.15) is 0 Å². The Labute approximate surface area is 101 Å². The van der Waals surface area contributed by atoms with Crippen LogP contribution in [-0.4, -0.2) is 23.8 Å². The van der Waals surface area contributed by atoms with E-state index in [1.165, 1.54) is 12.1 Å². The van der Waals surface area contributed by atoms with Gasteiger partial charge in [0, 0.05) is 0 Å². The van der Waals surface area contributed by atoms with Crippen molar-refractivity contribution in [2.45, 2.75) is 32.8 Å². The first-order chi connectivity index (χ1) is 8.13. The van der Waals surface area contributed by atoms with Crippen LogP contribution < -0.4 is 4.74 Å². The molecule has 0 spiro atoms. The molecule has 94 valence electrons. The number of ether oxygens (including phenoxy) is 2. The molecular weight excluding hydrogens is 220 g/mol. The van der Waals surface area contributed by atoms with Gasteiger partial charge in [-0.1, -0.05) is 13.3 Å². The van der Waals surface area contributed by atoms with Gasteiger partial charge in [-0.25, -0.2) is 4.79 Å². The van der Waals surface area contributed by atoms with Crippen LogP contribution in [0.1, 0.15) is 26.7 Å². The molecule has 0 aliphatic heterocycles. The minimum Gasteiger partial charge on any atom is -0.508 e. The zero-order valence-electron chi connectivity index (χ0n) is 10.2. The minimum absolute atomic E-state index is 0.163. The molecule has 1 unspecified atom stereocenters. The van der Waals surface area contributed by atoms with Crippen LogP contribution in [0.2, 0.25) is 0 Å². The van der Waals surface area contributed by atoms with E-state index in [0.29, 0.717) is 12.4 Å². The maximum absolute atomic E-state index is 11.5. The predicted octanol–water partition coefficient (Wildman–Crippen LogP) is 2.50. The molecule has 1 N–H and O–H groups in total. The van der Waals surface area contributed by atoms with Crippen LogP contribution in [0.3, 0.4) is 0 Å². The van der Waals surface area contributed by atoms with Crippen LogP contribution in [0.5, 0.6) is 11.5 Å². The van der Waals surface area contributed by atoms with Crippen molar-refractivity contribution in [1.29, 1.82) is 0 Å². The molecule has 1 rings (SSSR count). The van der Waals surface area contributed by atoms with E-state index in [2.05, 4.69) is 0 Å². The first-order valence-corrected chi connectivity index (χ1v) is 5.75. The molecule has 1 aromatic carbocycles. The summed E-state index contributed by atoms with van der Waals surface area (Å²) in [5.74, 6) is 0.324. The van der Waals surface area contributed by atoms with Crippen molar-refractivity contribution in [1.82, 2.24) is 0 Å². The number of unbranched alkanes of at least 4 members (excludes halogenated alkanes) is 1. The van der Waals surface area contributed by atoms with Crippen LogP contribution in [-0.2, 0) is 9.53 Å². The number of phenolic OH excluding ortho intramolecular Hbond substituents is 1. The molecule has 0 heterocycles. The molecule has 0 aliphatic rings. The largest absolute Gasteiger partial charge is 0.508 e. The van der Waals surface area contributed by atoms with E-state index in [1.807, 2.05) is 6.92 Å². The second-order valence-electron chi connectivity index (χ2n) is 3.78. The molecule has 0 amide bonds. The van der Waals surface area contributed by atoms with Crippen molar-refractivity contribution in [3.8, 4) is 11.5 Å². The van der Waals surface area contributed by atoms with Crippen LogP contribution in [0.4, 0.5) is 0 Å². The zero-order chi connectivity index (χ0) is 12.7. The highest BCUT2D eigenvalue weighted by Gasteiger charge is 2.15. The standard InChI is InChI=1S/C13H18O4/c1-3-4-9-16-13(15)10(2)17-12-7-5-11(14)6-8-12/h5-8,10,14H,3-4,9H2,1-2H3. The first kappa shape index (κ1) is 13.4. The summed E-state index contributed by atoms with van der Waals surface area (Å²) in [7, 11) is 0.